The summed E-state index contributed by atoms with van der Waals surface area (Å²) in [6.45, 7) is 0. The highest BCUT2D eigenvalue weighted by Gasteiger charge is 2.49. The first-order valence-electron chi connectivity index (χ1n) is 3.95. The largest absolute Gasteiger partial charge is 0.343 e. The highest BCUT2D eigenvalue weighted by atomic mass is 32.1. The monoisotopic (exact) mass is 199 g/mol. The van der Waals surface area contributed by atoms with E-state index in [-0.39, 0.29) is 17.2 Å². The highest BCUT2D eigenvalue weighted by Crippen LogP contribution is 2.43. The number of nitrogens with zero attached hydrogens (tertiary/aromatic N) is 2. The summed E-state index contributed by atoms with van der Waals surface area (Å²) in [6, 6.07) is 0. The zero-order valence-corrected chi connectivity index (χ0v) is 7.75. The van der Waals surface area contributed by atoms with Gasteiger partial charge in [-0.3, -0.25) is 4.79 Å². The molecule has 0 saturated heterocycles. The fourth-order valence-electron chi connectivity index (χ4n) is 1.22. The van der Waals surface area contributed by atoms with Crippen LogP contribution in [0.25, 0.3) is 0 Å². The van der Waals surface area contributed by atoms with E-state index in [1.807, 2.05) is 0 Å². The topological polar surface area (TPSA) is 68.0 Å². The van der Waals surface area contributed by atoms with Crippen LogP contribution in [0.3, 0.4) is 0 Å². The number of hydrogen-bond acceptors (Lipinski definition) is 5. The Labute approximate surface area is 80.3 Å². The van der Waals surface area contributed by atoms with Crippen molar-refractivity contribution in [3.8, 4) is 0 Å². The Morgan fingerprint density at radius 1 is 1.77 bits per heavy atom. The lowest BCUT2D eigenvalue weighted by Crippen LogP contribution is -2.36. The van der Waals surface area contributed by atoms with Crippen molar-refractivity contribution in [2.45, 2.75) is 18.4 Å². The Hall–Kier alpha value is -1.04. The third-order valence-electron chi connectivity index (χ3n) is 2.06. The highest BCUT2D eigenvalue weighted by molar-refractivity contribution is 7.81. The third-order valence-corrected chi connectivity index (χ3v) is 2.35. The molecule has 0 atom stereocenters. The summed E-state index contributed by atoms with van der Waals surface area (Å²) in [5.74, 6) is 0.632. The molecular formula is C7H9N3O2S. The zero-order valence-electron chi connectivity index (χ0n) is 6.86. The lowest BCUT2D eigenvalue weighted by molar-refractivity contribution is -0.119. The first kappa shape index (κ1) is 8.55. The molecule has 1 aliphatic rings. The number of amides is 1. The lowest BCUT2D eigenvalue weighted by atomic mass is 10.2. The van der Waals surface area contributed by atoms with Gasteiger partial charge < -0.3 is 9.84 Å². The number of rotatable bonds is 3. The van der Waals surface area contributed by atoms with Crippen molar-refractivity contribution in [1.29, 1.82) is 0 Å². The van der Waals surface area contributed by atoms with Crippen molar-refractivity contribution < 1.29 is 9.32 Å². The number of aromatic nitrogens is 2. The van der Waals surface area contributed by atoms with E-state index in [1.54, 1.807) is 0 Å². The molecule has 1 heterocycles. The third kappa shape index (κ3) is 1.53. The van der Waals surface area contributed by atoms with Crippen LogP contribution in [-0.4, -0.2) is 21.8 Å². The number of carbonyl (C=O) groups is 1. The van der Waals surface area contributed by atoms with Crippen LogP contribution in [-0.2, 0) is 10.3 Å². The molecule has 0 spiro atoms. The van der Waals surface area contributed by atoms with Crippen molar-refractivity contribution in [2.24, 2.45) is 0 Å². The van der Waals surface area contributed by atoms with Gasteiger partial charge in [0.2, 0.25) is 12.3 Å². The molecule has 70 valence electrons. The maximum atomic E-state index is 11.1. The van der Waals surface area contributed by atoms with Crippen molar-refractivity contribution >= 4 is 18.5 Å². The molecule has 1 saturated carbocycles. The molecule has 0 aromatic carbocycles. The fourth-order valence-corrected chi connectivity index (χ4v) is 1.30. The second-order valence-electron chi connectivity index (χ2n) is 3.04. The van der Waals surface area contributed by atoms with Crippen molar-refractivity contribution in [3.05, 3.63) is 12.2 Å². The minimum absolute atomic E-state index is 0.106. The molecule has 1 aromatic heterocycles. The summed E-state index contributed by atoms with van der Waals surface area (Å²) >= 11 is 3.88. The molecule has 0 aliphatic heterocycles. The van der Waals surface area contributed by atoms with E-state index < -0.39 is 0 Å². The molecule has 6 heteroatoms. The van der Waals surface area contributed by atoms with Gasteiger partial charge in [0.15, 0.2) is 5.82 Å². The van der Waals surface area contributed by atoms with Crippen molar-refractivity contribution in [3.63, 3.8) is 0 Å². The summed E-state index contributed by atoms with van der Waals surface area (Å²) in [6.07, 6.45) is 3.00. The summed E-state index contributed by atoms with van der Waals surface area (Å²) < 4.78 is 4.62. The number of carbonyl (C=O) groups excluding carboxylic acids is 1. The Morgan fingerprint density at radius 3 is 3.00 bits per heavy atom. The summed E-state index contributed by atoms with van der Waals surface area (Å²) in [4.78, 5) is 15.0. The maximum absolute atomic E-state index is 11.1. The molecule has 0 radical (unpaired) electrons. The number of nitrogens with one attached hydrogen (secondary N) is 1. The smallest absolute Gasteiger partial charge is 0.230 e. The molecule has 1 amide bonds. The Morgan fingerprint density at radius 2 is 2.54 bits per heavy atom. The van der Waals surface area contributed by atoms with E-state index in [4.69, 9.17) is 0 Å². The van der Waals surface area contributed by atoms with Crippen LogP contribution in [0, 0.1) is 0 Å². The second kappa shape index (κ2) is 3.02. The molecule has 0 bridgehead atoms. The van der Waals surface area contributed by atoms with E-state index >= 15 is 0 Å². The van der Waals surface area contributed by atoms with Crippen LogP contribution in [0.5, 0.6) is 0 Å². The molecule has 1 aromatic rings. The molecular weight excluding hydrogens is 190 g/mol. The normalized spacial score (nSPS) is 18.2. The van der Waals surface area contributed by atoms with E-state index in [9.17, 15) is 4.79 Å². The van der Waals surface area contributed by atoms with Crippen LogP contribution >= 0.6 is 12.6 Å². The summed E-state index contributed by atoms with van der Waals surface area (Å²) in [7, 11) is 0. The minimum atomic E-state index is -0.368. The van der Waals surface area contributed by atoms with Gasteiger partial charge in [0.05, 0.1) is 5.75 Å². The summed E-state index contributed by atoms with van der Waals surface area (Å²) in [5, 5.41) is 6.53. The van der Waals surface area contributed by atoms with E-state index in [1.165, 1.54) is 6.39 Å². The zero-order chi connectivity index (χ0) is 9.31. The second-order valence-corrected chi connectivity index (χ2v) is 3.36. The van der Waals surface area contributed by atoms with E-state index in [0.29, 0.717) is 5.82 Å². The molecule has 13 heavy (non-hydrogen) atoms. The quantitative estimate of drug-likeness (QED) is 0.678. The predicted molar refractivity (Wildman–Crippen MR) is 47.2 cm³/mol. The van der Waals surface area contributed by atoms with Gasteiger partial charge in [-0.25, -0.2) is 0 Å². The van der Waals surface area contributed by atoms with Gasteiger partial charge in [-0.15, -0.1) is 0 Å². The first-order valence-corrected chi connectivity index (χ1v) is 4.59. The Balaban J connectivity index is 2.10. The number of thiol groups is 1. The maximum Gasteiger partial charge on any atom is 0.230 e. The molecule has 1 fully saturated rings. The molecule has 1 N–H and O–H groups in total. The van der Waals surface area contributed by atoms with Gasteiger partial charge in [0.25, 0.3) is 0 Å². The van der Waals surface area contributed by atoms with Gasteiger partial charge in [0.1, 0.15) is 5.54 Å². The predicted octanol–water partition coefficient (Wildman–Crippen LogP) is 0.105. The van der Waals surface area contributed by atoms with Gasteiger partial charge in [-0.2, -0.15) is 17.6 Å². The van der Waals surface area contributed by atoms with Crippen LogP contribution in [0.15, 0.2) is 10.9 Å². The van der Waals surface area contributed by atoms with Crippen molar-refractivity contribution in [2.75, 3.05) is 5.75 Å². The SMILES string of the molecule is O=C(CS)NC1(c2ncon2)CC1. The van der Waals surface area contributed by atoms with Gasteiger partial charge in [-0.1, -0.05) is 5.16 Å². The van der Waals surface area contributed by atoms with Crippen LogP contribution in [0.4, 0.5) is 0 Å². The molecule has 5 nitrogen and oxygen atoms in total. The van der Waals surface area contributed by atoms with Crippen LogP contribution in [0.1, 0.15) is 18.7 Å². The minimum Gasteiger partial charge on any atom is -0.343 e. The molecule has 1 aliphatic carbocycles. The van der Waals surface area contributed by atoms with Crippen LogP contribution in [0.2, 0.25) is 0 Å². The Bertz CT molecular complexity index is 308. The summed E-state index contributed by atoms with van der Waals surface area (Å²) in [5.41, 5.74) is -0.368. The van der Waals surface area contributed by atoms with Gasteiger partial charge >= 0.3 is 0 Å². The standard InChI is InChI=1S/C7H9N3O2S/c11-5(3-13)9-7(1-2-7)6-8-4-12-10-6/h4,13H,1-3H2,(H,9,11). The average molecular weight is 199 g/mol. The average Bonchev–Trinajstić information content (AvgIpc) is 2.70. The van der Waals surface area contributed by atoms with Crippen LogP contribution < -0.4 is 5.32 Å². The van der Waals surface area contributed by atoms with Gasteiger partial charge in [0, 0.05) is 0 Å². The van der Waals surface area contributed by atoms with Gasteiger partial charge in [-0.05, 0) is 12.8 Å². The molecule has 0 unspecified atom stereocenters. The number of hydrogen-bond donors (Lipinski definition) is 2. The van der Waals surface area contributed by atoms with E-state index in [2.05, 4.69) is 32.6 Å². The fraction of sp³-hybridized carbons (Fsp3) is 0.571. The molecule has 2 rings (SSSR count). The van der Waals surface area contributed by atoms with E-state index in [0.717, 1.165) is 12.8 Å². The lowest BCUT2D eigenvalue weighted by Gasteiger charge is -2.11. The first-order chi connectivity index (χ1) is 6.27. The van der Waals surface area contributed by atoms with Crippen molar-refractivity contribution in [1.82, 2.24) is 15.5 Å². The Kier molecular flexibility index (Phi) is 1.99.